The number of rotatable bonds is 6. The fraction of sp³-hybridized carbons (Fsp3) is 0. The summed E-state index contributed by atoms with van der Waals surface area (Å²) in [6.45, 7) is 0. The van der Waals surface area contributed by atoms with Crippen LogP contribution in [0.5, 0.6) is 0 Å². The van der Waals surface area contributed by atoms with E-state index in [1.807, 2.05) is 12.1 Å². The molecule has 0 unspecified atom stereocenters. The molecule has 0 saturated carbocycles. The van der Waals surface area contributed by atoms with E-state index in [1.165, 1.54) is 65.3 Å². The van der Waals surface area contributed by atoms with Crippen LogP contribution in [-0.4, -0.2) is 18.4 Å². The number of pyridine rings is 2. The minimum atomic E-state index is 0. The molecule has 0 amide bonds. The van der Waals surface area contributed by atoms with Gasteiger partial charge in [0.25, 0.3) is 0 Å². The van der Waals surface area contributed by atoms with Crippen molar-refractivity contribution in [3.8, 4) is 67.0 Å². The molecule has 3 nitrogen and oxygen atoms in total. The summed E-state index contributed by atoms with van der Waals surface area (Å²) in [5, 5.41) is 14.4. The van der Waals surface area contributed by atoms with Crippen LogP contribution in [0.4, 0.5) is 0 Å². The lowest BCUT2D eigenvalue weighted by molar-refractivity contribution is 0.669. The Hall–Kier alpha value is -10.4. The van der Waals surface area contributed by atoms with Crippen molar-refractivity contribution in [3.63, 3.8) is 0 Å². The highest BCUT2D eigenvalue weighted by atomic mass is 16.3. The second kappa shape index (κ2) is 20.2. The molecular formula is C76H48BN2O. The molecule has 0 saturated heterocycles. The Morgan fingerprint density at radius 2 is 0.600 bits per heavy atom. The van der Waals surface area contributed by atoms with E-state index >= 15 is 0 Å². The van der Waals surface area contributed by atoms with Crippen molar-refractivity contribution in [2.75, 3.05) is 0 Å². The van der Waals surface area contributed by atoms with Gasteiger partial charge in [-0.05, 0) is 130 Å². The van der Waals surface area contributed by atoms with Crippen LogP contribution in [0.1, 0.15) is 0 Å². The van der Waals surface area contributed by atoms with Gasteiger partial charge in [0.15, 0.2) is 0 Å². The van der Waals surface area contributed by atoms with Crippen LogP contribution in [0, 0.1) is 0 Å². The molecule has 3 heterocycles. The lowest BCUT2D eigenvalue weighted by Crippen LogP contribution is -1.95. The van der Waals surface area contributed by atoms with E-state index in [1.54, 1.807) is 0 Å². The van der Waals surface area contributed by atoms with Gasteiger partial charge in [0.2, 0.25) is 0 Å². The number of hydrogen-bond acceptors (Lipinski definition) is 3. The van der Waals surface area contributed by atoms with Gasteiger partial charge in [-0.2, -0.15) is 0 Å². The summed E-state index contributed by atoms with van der Waals surface area (Å²) in [6, 6.07) is 103. The Labute approximate surface area is 465 Å². The largest absolute Gasteiger partial charge is 0.456 e. The predicted octanol–water partition coefficient (Wildman–Crippen LogP) is 20.6. The number of nitrogens with zero attached hydrogens (tertiary/aromatic N) is 2. The number of fused-ring (bicyclic) bond motifs is 10. The number of hydrogen-bond donors (Lipinski definition) is 0. The normalized spacial score (nSPS) is 11.4. The topological polar surface area (TPSA) is 38.9 Å². The highest BCUT2D eigenvalue weighted by Crippen LogP contribution is 2.45. The van der Waals surface area contributed by atoms with Crippen LogP contribution in [0.25, 0.3) is 154 Å². The molecule has 16 aromatic rings. The molecule has 0 aliphatic carbocycles. The van der Waals surface area contributed by atoms with Crippen molar-refractivity contribution in [1.29, 1.82) is 0 Å². The number of benzene rings is 13. The van der Waals surface area contributed by atoms with Crippen LogP contribution < -0.4 is 0 Å². The second-order valence-electron chi connectivity index (χ2n) is 20.3. The second-order valence-corrected chi connectivity index (χ2v) is 20.3. The third-order valence-corrected chi connectivity index (χ3v) is 15.7. The maximum Gasteiger partial charge on any atom is 0.135 e. The molecule has 4 heteroatoms. The first-order chi connectivity index (χ1) is 39.2. The molecule has 80 heavy (non-hydrogen) atoms. The standard InChI is InChI=1S/C44H28N2.C32H20O.B/c1-3-13-31(14-4-1)39-27-41(35-21-19-29-11-7-9-17-33(29)25-35)45-43-37(39)23-24-38-40(32-15-5-2-6-16-32)28-42(46-44(38)43)36-22-20-30-12-8-10-18-34(30)26-36;1-2-10-21(11-3-1)31-24-13-4-6-15-26(24)32(27-16-7-5-14-25(27)31)22-18-19-30-28(20-22)23-12-8-9-17-29(23)33-30;/h1-28H;1-20H;. The molecule has 16 rings (SSSR count). The minimum Gasteiger partial charge on any atom is -0.456 e. The molecule has 371 valence electrons. The van der Waals surface area contributed by atoms with Crippen molar-refractivity contribution >= 4 is 95.2 Å². The van der Waals surface area contributed by atoms with Crippen LogP contribution in [0.15, 0.2) is 296 Å². The van der Waals surface area contributed by atoms with Crippen molar-refractivity contribution < 1.29 is 4.42 Å². The minimum absolute atomic E-state index is 0. The third kappa shape index (κ3) is 8.43. The van der Waals surface area contributed by atoms with Crippen molar-refractivity contribution in [1.82, 2.24) is 9.97 Å². The fourth-order valence-electron chi connectivity index (χ4n) is 11.9. The van der Waals surface area contributed by atoms with Gasteiger partial charge in [-0.25, -0.2) is 9.97 Å². The predicted molar refractivity (Wildman–Crippen MR) is 339 cm³/mol. The maximum atomic E-state index is 6.10. The van der Waals surface area contributed by atoms with E-state index in [9.17, 15) is 0 Å². The first-order valence-corrected chi connectivity index (χ1v) is 27.0. The molecule has 13 aromatic carbocycles. The third-order valence-electron chi connectivity index (χ3n) is 15.7. The van der Waals surface area contributed by atoms with Gasteiger partial charge in [-0.1, -0.05) is 249 Å². The summed E-state index contributed by atoms with van der Waals surface area (Å²) in [5.74, 6) is 0. The van der Waals surface area contributed by atoms with E-state index in [2.05, 4.69) is 279 Å². The lowest BCUT2D eigenvalue weighted by atomic mass is 9.86. The average molecular weight is 1020 g/mol. The smallest absolute Gasteiger partial charge is 0.135 e. The highest BCUT2D eigenvalue weighted by molar-refractivity contribution is 6.22. The SMILES string of the molecule is [B].c1ccc(-c2c3ccccc3c(-c3ccc4oc5ccccc5c4c3)c3ccccc23)cc1.c1ccc(-c2cc(-c3ccc4ccccc4c3)nc3c2ccc2c(-c4ccccc4)cc(-c4ccc5ccccc5c4)nc23)cc1. The first kappa shape index (κ1) is 48.0. The molecule has 0 atom stereocenters. The number of furan rings is 1. The molecule has 0 N–H and O–H groups in total. The van der Waals surface area contributed by atoms with Gasteiger partial charge >= 0.3 is 0 Å². The summed E-state index contributed by atoms with van der Waals surface area (Å²) >= 11 is 0. The van der Waals surface area contributed by atoms with E-state index in [0.717, 1.165) is 88.5 Å². The fourth-order valence-corrected chi connectivity index (χ4v) is 11.9. The quantitative estimate of drug-likeness (QED) is 0.0946. The van der Waals surface area contributed by atoms with Crippen LogP contribution >= 0.6 is 0 Å². The zero-order valence-corrected chi connectivity index (χ0v) is 43.6. The van der Waals surface area contributed by atoms with Gasteiger partial charge in [-0.15, -0.1) is 0 Å². The number of aromatic nitrogens is 2. The average Bonchev–Trinajstić information content (AvgIpc) is 4.01. The molecule has 0 aliphatic rings. The molecular weight excluding hydrogens is 968 g/mol. The first-order valence-electron chi connectivity index (χ1n) is 27.0. The Kier molecular flexibility index (Phi) is 12.1. The molecule has 3 radical (unpaired) electrons. The Balaban J connectivity index is 0.000000150. The summed E-state index contributed by atoms with van der Waals surface area (Å²) in [7, 11) is 0. The molecule has 0 aliphatic heterocycles. The Morgan fingerprint density at radius 1 is 0.225 bits per heavy atom. The van der Waals surface area contributed by atoms with Crippen molar-refractivity contribution in [2.45, 2.75) is 0 Å². The van der Waals surface area contributed by atoms with Gasteiger partial charge in [0.1, 0.15) is 11.2 Å². The Morgan fingerprint density at radius 3 is 1.09 bits per heavy atom. The van der Waals surface area contributed by atoms with Crippen molar-refractivity contribution in [3.05, 3.63) is 291 Å². The van der Waals surface area contributed by atoms with E-state index in [4.69, 9.17) is 14.4 Å². The van der Waals surface area contributed by atoms with Crippen LogP contribution in [0.2, 0.25) is 0 Å². The zero-order chi connectivity index (χ0) is 52.2. The van der Waals surface area contributed by atoms with E-state index in [0.29, 0.717) is 0 Å². The van der Waals surface area contributed by atoms with Crippen LogP contribution in [0.3, 0.4) is 0 Å². The monoisotopic (exact) mass is 1020 g/mol. The van der Waals surface area contributed by atoms with Crippen LogP contribution in [-0.2, 0) is 0 Å². The lowest BCUT2D eigenvalue weighted by Gasteiger charge is -2.17. The summed E-state index contributed by atoms with van der Waals surface area (Å²) < 4.78 is 6.10. The molecule has 3 aromatic heterocycles. The van der Waals surface area contributed by atoms with Gasteiger partial charge in [-0.3, -0.25) is 0 Å². The van der Waals surface area contributed by atoms with E-state index < -0.39 is 0 Å². The summed E-state index contributed by atoms with van der Waals surface area (Å²) in [6.07, 6.45) is 0. The van der Waals surface area contributed by atoms with Gasteiger partial charge in [0, 0.05) is 41.1 Å². The van der Waals surface area contributed by atoms with E-state index in [-0.39, 0.29) is 8.41 Å². The summed E-state index contributed by atoms with van der Waals surface area (Å²) in [5.41, 5.74) is 17.3. The molecule has 0 fully saturated rings. The number of para-hydroxylation sites is 1. The molecule has 0 bridgehead atoms. The molecule has 0 spiro atoms. The highest BCUT2D eigenvalue weighted by Gasteiger charge is 2.20. The summed E-state index contributed by atoms with van der Waals surface area (Å²) in [4.78, 5) is 10.8. The Bertz CT molecular complexity index is 4770. The van der Waals surface area contributed by atoms with Crippen molar-refractivity contribution in [2.24, 2.45) is 0 Å². The zero-order valence-electron chi connectivity index (χ0n) is 43.6. The van der Waals surface area contributed by atoms with Gasteiger partial charge < -0.3 is 4.42 Å². The van der Waals surface area contributed by atoms with Gasteiger partial charge in [0.05, 0.1) is 22.4 Å². The maximum absolute atomic E-state index is 6.10.